The highest BCUT2D eigenvalue weighted by molar-refractivity contribution is 6.25. The molecule has 0 saturated heterocycles. The Labute approximate surface area is 172 Å². The molecule has 0 bridgehead atoms. The highest BCUT2D eigenvalue weighted by Crippen LogP contribution is 2.27. The summed E-state index contributed by atoms with van der Waals surface area (Å²) in [5.41, 5.74) is 2.84. The Morgan fingerprint density at radius 1 is 0.931 bits per heavy atom. The molecule has 2 heterocycles. The molecule has 0 saturated carbocycles. The van der Waals surface area contributed by atoms with Crippen molar-refractivity contribution >= 4 is 23.2 Å². The van der Waals surface area contributed by atoms with E-state index in [-0.39, 0.29) is 11.8 Å². The Morgan fingerprint density at radius 3 is 2.00 bits per heavy atom. The summed E-state index contributed by atoms with van der Waals surface area (Å²) in [6.45, 7) is 14.5. The van der Waals surface area contributed by atoms with Gasteiger partial charge in [0.15, 0.2) is 0 Å². The summed E-state index contributed by atoms with van der Waals surface area (Å²) in [5.74, 6) is -1.11. The van der Waals surface area contributed by atoms with Gasteiger partial charge in [-0.1, -0.05) is 55.7 Å². The van der Waals surface area contributed by atoms with E-state index in [0.29, 0.717) is 28.4 Å². The monoisotopic (exact) mass is 390 g/mol. The van der Waals surface area contributed by atoms with E-state index in [1.54, 1.807) is 68.5 Å². The number of rotatable bonds is 7. The van der Waals surface area contributed by atoms with Crippen LogP contribution in [0.5, 0.6) is 0 Å². The van der Waals surface area contributed by atoms with Crippen LogP contribution in [0.1, 0.15) is 27.7 Å². The highest BCUT2D eigenvalue weighted by atomic mass is 16.2. The average molecular weight is 390 g/mol. The number of carbonyl (C=O) groups excluding carboxylic acids is 2. The van der Waals surface area contributed by atoms with Crippen molar-refractivity contribution in [2.75, 3.05) is 0 Å². The van der Waals surface area contributed by atoms with Gasteiger partial charge in [-0.05, 0) is 39.8 Å². The van der Waals surface area contributed by atoms with E-state index in [1.807, 2.05) is 13.8 Å². The summed E-state index contributed by atoms with van der Waals surface area (Å²) in [6.07, 6.45) is 15.5. The van der Waals surface area contributed by atoms with Crippen LogP contribution in [0.3, 0.4) is 0 Å². The predicted octanol–water partition coefficient (Wildman–Crippen LogP) is 4.26. The van der Waals surface area contributed by atoms with Crippen molar-refractivity contribution in [2.24, 2.45) is 16.1 Å². The van der Waals surface area contributed by atoms with Gasteiger partial charge in [0.05, 0.1) is 34.3 Å². The molecule has 0 N–H and O–H groups in total. The molecule has 0 fully saturated rings. The van der Waals surface area contributed by atoms with E-state index in [4.69, 9.17) is 0 Å². The molecule has 150 valence electrons. The number of hydrogen-bond donors (Lipinski definition) is 0. The van der Waals surface area contributed by atoms with Gasteiger partial charge >= 0.3 is 0 Å². The van der Waals surface area contributed by atoms with Crippen molar-refractivity contribution in [1.82, 2.24) is 10.0 Å². The summed E-state index contributed by atoms with van der Waals surface area (Å²) >= 11 is 0. The van der Waals surface area contributed by atoms with Crippen LogP contribution >= 0.6 is 0 Å². The van der Waals surface area contributed by atoms with Crippen molar-refractivity contribution in [1.29, 1.82) is 0 Å². The minimum absolute atomic E-state index is 0.214. The molecule has 0 aliphatic carbocycles. The van der Waals surface area contributed by atoms with Gasteiger partial charge in [0.1, 0.15) is 0 Å². The standard InChI is InChI=1S/C23H26N4O2/c1-7-11-13-18(9-3)26-22(28)20(16(5)24-26)15-21-17(6)25-27(23(21)29)19(10-4)14-12-8-2/h7-15,20H,1-2H2,3-6H3/b13-11-,14-12-,18-9+,19-10+,21-15-. The van der Waals surface area contributed by atoms with Crippen LogP contribution in [0, 0.1) is 5.92 Å². The normalized spacial score (nSPS) is 22.3. The minimum atomic E-state index is -0.621. The van der Waals surface area contributed by atoms with E-state index in [2.05, 4.69) is 23.4 Å². The molecule has 2 aliphatic rings. The third kappa shape index (κ3) is 4.48. The number of hydrogen-bond acceptors (Lipinski definition) is 4. The number of allylic oxidation sites excluding steroid dienone is 8. The van der Waals surface area contributed by atoms with E-state index >= 15 is 0 Å². The Kier molecular flexibility index (Phi) is 7.20. The zero-order valence-corrected chi connectivity index (χ0v) is 17.3. The molecule has 0 aromatic carbocycles. The highest BCUT2D eigenvalue weighted by Gasteiger charge is 2.37. The van der Waals surface area contributed by atoms with Gasteiger partial charge in [0.25, 0.3) is 11.8 Å². The molecule has 2 amide bonds. The summed E-state index contributed by atoms with van der Waals surface area (Å²) in [7, 11) is 0. The fourth-order valence-electron chi connectivity index (χ4n) is 2.92. The van der Waals surface area contributed by atoms with E-state index in [0.717, 1.165) is 0 Å². The van der Waals surface area contributed by atoms with Crippen molar-refractivity contribution in [3.8, 4) is 0 Å². The van der Waals surface area contributed by atoms with E-state index < -0.39 is 5.92 Å². The maximum absolute atomic E-state index is 13.0. The molecule has 29 heavy (non-hydrogen) atoms. The van der Waals surface area contributed by atoms with Gasteiger partial charge in [-0.25, -0.2) is 5.01 Å². The minimum Gasteiger partial charge on any atom is -0.271 e. The molecule has 1 atom stereocenters. The fraction of sp³-hybridized carbons (Fsp3) is 0.217. The lowest BCUT2D eigenvalue weighted by Gasteiger charge is -2.14. The third-order valence-electron chi connectivity index (χ3n) is 4.47. The molecule has 2 rings (SSSR count). The molecular weight excluding hydrogens is 364 g/mol. The average Bonchev–Trinajstić information content (AvgIpc) is 3.14. The molecule has 1 unspecified atom stereocenters. The van der Waals surface area contributed by atoms with Crippen LogP contribution in [-0.2, 0) is 9.59 Å². The van der Waals surface area contributed by atoms with Crippen LogP contribution in [0.2, 0.25) is 0 Å². The molecule has 0 aromatic rings. The fourth-order valence-corrected chi connectivity index (χ4v) is 2.92. The van der Waals surface area contributed by atoms with Crippen LogP contribution in [-0.4, -0.2) is 33.3 Å². The lowest BCUT2D eigenvalue weighted by molar-refractivity contribution is -0.128. The molecule has 6 nitrogen and oxygen atoms in total. The Morgan fingerprint density at radius 2 is 1.48 bits per heavy atom. The van der Waals surface area contributed by atoms with Gasteiger partial charge < -0.3 is 0 Å². The summed E-state index contributed by atoms with van der Waals surface area (Å²) in [6, 6.07) is 0. The Balaban J connectivity index is 2.33. The first-order chi connectivity index (χ1) is 13.9. The second-order valence-corrected chi connectivity index (χ2v) is 6.37. The summed E-state index contributed by atoms with van der Waals surface area (Å²) < 4.78 is 0. The van der Waals surface area contributed by atoms with Crippen LogP contribution in [0.4, 0.5) is 0 Å². The van der Waals surface area contributed by atoms with Crippen LogP contribution < -0.4 is 0 Å². The smallest absolute Gasteiger partial charge is 0.271 e. The molecule has 2 aliphatic heterocycles. The number of carbonyl (C=O) groups is 2. The second kappa shape index (κ2) is 9.59. The first-order valence-electron chi connectivity index (χ1n) is 9.31. The molecular formula is C23H26N4O2. The number of hydrazone groups is 2. The van der Waals surface area contributed by atoms with Crippen molar-refractivity contribution < 1.29 is 9.59 Å². The quantitative estimate of drug-likeness (QED) is 0.482. The lowest BCUT2D eigenvalue weighted by Crippen LogP contribution is -2.27. The van der Waals surface area contributed by atoms with Gasteiger partial charge in [0, 0.05) is 0 Å². The zero-order valence-electron chi connectivity index (χ0n) is 17.3. The van der Waals surface area contributed by atoms with E-state index in [1.165, 1.54) is 10.0 Å². The maximum atomic E-state index is 13.0. The Bertz CT molecular complexity index is 942. The number of amides is 2. The molecule has 6 heteroatoms. The van der Waals surface area contributed by atoms with Crippen molar-refractivity contribution in [3.05, 3.63) is 84.8 Å². The predicted molar refractivity (Wildman–Crippen MR) is 118 cm³/mol. The third-order valence-corrected chi connectivity index (χ3v) is 4.47. The van der Waals surface area contributed by atoms with Gasteiger partial charge in [-0.15, -0.1) is 0 Å². The maximum Gasteiger partial charge on any atom is 0.280 e. The summed E-state index contributed by atoms with van der Waals surface area (Å²) in [4.78, 5) is 25.9. The largest absolute Gasteiger partial charge is 0.280 e. The lowest BCUT2D eigenvalue weighted by atomic mass is 9.98. The van der Waals surface area contributed by atoms with E-state index in [9.17, 15) is 9.59 Å². The zero-order chi connectivity index (χ0) is 21.6. The SMILES string of the molecule is C=C/C=C\C(=C/C)N1N=C(C)/C(=C/C2C(=O)N(C(/C=C\C=C)=C/C)N=C2C)C1=O. The first kappa shape index (κ1) is 21.8. The second-order valence-electron chi connectivity index (χ2n) is 6.37. The van der Waals surface area contributed by atoms with Gasteiger partial charge in [0.2, 0.25) is 0 Å². The first-order valence-corrected chi connectivity index (χ1v) is 9.31. The topological polar surface area (TPSA) is 65.3 Å². The molecule has 0 radical (unpaired) electrons. The Hall–Kier alpha value is -3.54. The van der Waals surface area contributed by atoms with Gasteiger partial charge in [-0.3, -0.25) is 9.59 Å². The van der Waals surface area contributed by atoms with Crippen molar-refractivity contribution in [2.45, 2.75) is 27.7 Å². The van der Waals surface area contributed by atoms with Gasteiger partial charge in [-0.2, -0.15) is 15.2 Å². The molecule has 0 spiro atoms. The summed E-state index contributed by atoms with van der Waals surface area (Å²) in [5, 5.41) is 11.4. The van der Waals surface area contributed by atoms with Crippen LogP contribution in [0.25, 0.3) is 0 Å². The number of nitrogens with zero attached hydrogens (tertiary/aromatic N) is 4. The van der Waals surface area contributed by atoms with Crippen molar-refractivity contribution in [3.63, 3.8) is 0 Å². The van der Waals surface area contributed by atoms with Crippen LogP contribution in [0.15, 0.2) is 95.0 Å². The molecule has 0 aromatic heterocycles.